The summed E-state index contributed by atoms with van der Waals surface area (Å²) >= 11 is 1.93. The Balaban J connectivity index is 0.937. The molecule has 4 nitrogen and oxygen atoms in total. The van der Waals surface area contributed by atoms with Crippen LogP contribution in [0.1, 0.15) is 66.1 Å². The molecule has 0 saturated heterocycles. The zero-order valence-corrected chi connectivity index (χ0v) is 34.5. The fourth-order valence-corrected chi connectivity index (χ4v) is 12.0. The number of rotatable bonds is 5. The zero-order valence-electron chi connectivity index (χ0n) is 33.6. The summed E-state index contributed by atoms with van der Waals surface area (Å²) in [6, 6.07) is 39.3. The predicted octanol–water partition coefficient (Wildman–Crippen LogP) is 15.1. The number of allylic oxidation sites excluding steroid dienone is 12. The Bertz CT molecular complexity index is 3400. The van der Waals surface area contributed by atoms with Gasteiger partial charge in [0.05, 0.1) is 17.3 Å². The Morgan fingerprint density at radius 1 is 0.623 bits per heavy atom. The highest BCUT2D eigenvalue weighted by atomic mass is 32.1. The first kappa shape index (κ1) is 35.0. The molecular formula is C56H41N3OS. The molecule has 292 valence electrons. The van der Waals surface area contributed by atoms with Crippen molar-refractivity contribution in [2.24, 2.45) is 0 Å². The fraction of sp³-hybridized carbons (Fsp3) is 0.143. The standard InChI is InChI=1S/C56H41N3OS/c1-2-11-34(12-3-1)35-21-23-36(24-22-35)37-25-27-38(28-26-37)53-45-15-4-7-18-47(45)57-56(58-53)59-48-31-29-39(40-16-10-17-43-41-13-5-8-19-50(41)60-54(40)43)33-46(48)52-49(59)32-30-44-42-14-6-9-20-51(42)61-55(44)52/h1-2,4-11,13-21,23,25,27,29-33,49,52H,3,12,22,24,26,28H2. The highest BCUT2D eigenvalue weighted by Crippen LogP contribution is 2.55. The number of benzene rings is 5. The van der Waals surface area contributed by atoms with Gasteiger partial charge in [0.1, 0.15) is 11.2 Å². The number of nitrogens with zero attached hydrogens (tertiary/aromatic N) is 3. The summed E-state index contributed by atoms with van der Waals surface area (Å²) in [5.41, 5.74) is 17.1. The van der Waals surface area contributed by atoms with Crippen LogP contribution in [0.25, 0.3) is 65.7 Å². The SMILES string of the molecule is C1=CCCC(C2=CC=C(C3=CC=C(c4nc(N5c6ccc(-c7cccc8c7oc7ccccc78)cc6C6c7sc8ccccc8c7C=CC65)nc5ccccc45)CC3)CC2)=C1. The maximum Gasteiger partial charge on any atom is 0.231 e. The Hall–Kier alpha value is -6.82. The van der Waals surface area contributed by atoms with Crippen molar-refractivity contribution in [3.8, 4) is 11.1 Å². The summed E-state index contributed by atoms with van der Waals surface area (Å²) in [7, 11) is 0. The van der Waals surface area contributed by atoms with Crippen molar-refractivity contribution in [1.29, 1.82) is 0 Å². The second kappa shape index (κ2) is 13.9. The molecule has 0 saturated carbocycles. The summed E-state index contributed by atoms with van der Waals surface area (Å²) in [6.07, 6.45) is 27.5. The minimum atomic E-state index is 0.0187. The summed E-state index contributed by atoms with van der Waals surface area (Å²) in [5, 5.41) is 4.71. The molecule has 0 radical (unpaired) electrons. The molecular weight excluding hydrogens is 763 g/mol. The van der Waals surface area contributed by atoms with Gasteiger partial charge in [0.25, 0.3) is 0 Å². The van der Waals surface area contributed by atoms with Gasteiger partial charge in [-0.2, -0.15) is 0 Å². The molecule has 1 aliphatic heterocycles. The van der Waals surface area contributed by atoms with Crippen molar-refractivity contribution in [3.63, 3.8) is 0 Å². The molecule has 5 aliphatic rings. The van der Waals surface area contributed by atoms with Gasteiger partial charge in [-0.1, -0.05) is 134 Å². The third kappa shape index (κ3) is 5.57. The lowest BCUT2D eigenvalue weighted by Gasteiger charge is -2.29. The van der Waals surface area contributed by atoms with E-state index in [0.717, 1.165) is 99.8 Å². The minimum Gasteiger partial charge on any atom is -0.455 e. The maximum absolute atomic E-state index is 6.57. The molecule has 4 heterocycles. The van der Waals surface area contributed by atoms with Crippen molar-refractivity contribution in [2.75, 3.05) is 4.90 Å². The van der Waals surface area contributed by atoms with Crippen molar-refractivity contribution < 1.29 is 4.42 Å². The lowest BCUT2D eigenvalue weighted by molar-refractivity contribution is 0.670. The molecule has 5 heteroatoms. The smallest absolute Gasteiger partial charge is 0.231 e. The molecule has 5 aromatic carbocycles. The minimum absolute atomic E-state index is 0.0187. The molecule has 2 atom stereocenters. The molecule has 8 aromatic rings. The van der Waals surface area contributed by atoms with Crippen LogP contribution in [0.15, 0.2) is 185 Å². The van der Waals surface area contributed by atoms with Crippen LogP contribution in [0.2, 0.25) is 0 Å². The monoisotopic (exact) mass is 803 g/mol. The van der Waals surface area contributed by atoms with Gasteiger partial charge in [-0.25, -0.2) is 9.97 Å². The molecule has 0 N–H and O–H groups in total. The van der Waals surface area contributed by atoms with E-state index >= 15 is 0 Å². The normalized spacial score (nSPS) is 19.4. The zero-order chi connectivity index (χ0) is 40.0. The van der Waals surface area contributed by atoms with E-state index in [4.69, 9.17) is 14.4 Å². The molecule has 4 aliphatic carbocycles. The van der Waals surface area contributed by atoms with Gasteiger partial charge in [0.2, 0.25) is 5.95 Å². The van der Waals surface area contributed by atoms with Crippen molar-refractivity contribution in [1.82, 2.24) is 9.97 Å². The van der Waals surface area contributed by atoms with Crippen LogP contribution in [0.3, 0.4) is 0 Å². The van der Waals surface area contributed by atoms with Gasteiger partial charge < -0.3 is 9.32 Å². The van der Waals surface area contributed by atoms with Crippen LogP contribution in [0, 0.1) is 0 Å². The summed E-state index contributed by atoms with van der Waals surface area (Å²) < 4.78 is 7.89. The Morgan fingerprint density at radius 2 is 1.34 bits per heavy atom. The van der Waals surface area contributed by atoms with E-state index in [1.807, 2.05) is 17.4 Å². The van der Waals surface area contributed by atoms with Crippen LogP contribution >= 0.6 is 11.3 Å². The first-order chi connectivity index (χ1) is 30.2. The molecule has 0 bridgehead atoms. The highest BCUT2D eigenvalue weighted by Gasteiger charge is 2.44. The van der Waals surface area contributed by atoms with Crippen molar-refractivity contribution in [2.45, 2.75) is 50.5 Å². The predicted molar refractivity (Wildman–Crippen MR) is 254 cm³/mol. The van der Waals surface area contributed by atoms with Crippen LogP contribution in [-0.2, 0) is 0 Å². The summed E-state index contributed by atoms with van der Waals surface area (Å²) in [5.74, 6) is 0.864. The Labute approximate surface area is 358 Å². The van der Waals surface area contributed by atoms with Crippen LogP contribution in [0.4, 0.5) is 11.6 Å². The molecule has 0 amide bonds. The van der Waals surface area contributed by atoms with E-state index in [1.165, 1.54) is 54.0 Å². The van der Waals surface area contributed by atoms with E-state index in [0.29, 0.717) is 0 Å². The molecule has 61 heavy (non-hydrogen) atoms. The topological polar surface area (TPSA) is 42.2 Å². The first-order valence-corrected chi connectivity index (χ1v) is 22.5. The van der Waals surface area contributed by atoms with E-state index in [9.17, 15) is 0 Å². The Morgan fingerprint density at radius 3 is 2.15 bits per heavy atom. The number of aromatic nitrogens is 2. The number of fused-ring (bicyclic) bond motifs is 11. The van der Waals surface area contributed by atoms with E-state index in [-0.39, 0.29) is 12.0 Å². The number of furan rings is 1. The van der Waals surface area contributed by atoms with Gasteiger partial charge in [-0.15, -0.1) is 11.3 Å². The van der Waals surface area contributed by atoms with Gasteiger partial charge >= 0.3 is 0 Å². The van der Waals surface area contributed by atoms with E-state index in [1.54, 1.807) is 0 Å². The fourth-order valence-electron chi connectivity index (χ4n) is 10.6. The lowest BCUT2D eigenvalue weighted by atomic mass is 9.84. The second-order valence-corrected chi connectivity index (χ2v) is 18.0. The number of anilines is 2. The van der Waals surface area contributed by atoms with Crippen molar-refractivity contribution >= 4 is 77.5 Å². The summed E-state index contributed by atoms with van der Waals surface area (Å²) in [6.45, 7) is 0. The third-order valence-corrected chi connectivity index (χ3v) is 14.9. The molecule has 0 spiro atoms. The van der Waals surface area contributed by atoms with Crippen LogP contribution in [0.5, 0.6) is 0 Å². The number of hydrogen-bond acceptors (Lipinski definition) is 5. The largest absolute Gasteiger partial charge is 0.455 e. The molecule has 0 fully saturated rings. The van der Waals surface area contributed by atoms with E-state index in [2.05, 4.69) is 163 Å². The quantitative estimate of drug-likeness (QED) is 0.174. The summed E-state index contributed by atoms with van der Waals surface area (Å²) in [4.78, 5) is 14.8. The lowest BCUT2D eigenvalue weighted by Crippen LogP contribution is -2.31. The van der Waals surface area contributed by atoms with Gasteiger partial charge in [0.15, 0.2) is 0 Å². The van der Waals surface area contributed by atoms with Crippen LogP contribution < -0.4 is 4.90 Å². The van der Waals surface area contributed by atoms with Crippen LogP contribution in [-0.4, -0.2) is 16.0 Å². The van der Waals surface area contributed by atoms with Gasteiger partial charge in [0, 0.05) is 42.9 Å². The average Bonchev–Trinajstić information content (AvgIpc) is 4.01. The molecule has 2 unspecified atom stereocenters. The maximum atomic E-state index is 6.57. The van der Waals surface area contributed by atoms with Gasteiger partial charge in [-0.05, 0) is 119 Å². The Kier molecular flexibility index (Phi) is 7.95. The van der Waals surface area contributed by atoms with Gasteiger partial charge in [-0.3, -0.25) is 0 Å². The second-order valence-electron chi connectivity index (χ2n) is 16.9. The first-order valence-electron chi connectivity index (χ1n) is 21.7. The number of para-hydroxylation sites is 3. The average molecular weight is 804 g/mol. The molecule has 3 aromatic heterocycles. The molecule has 13 rings (SSSR count). The van der Waals surface area contributed by atoms with Crippen molar-refractivity contribution in [3.05, 3.63) is 202 Å². The van der Waals surface area contributed by atoms with E-state index < -0.39 is 0 Å². The third-order valence-electron chi connectivity index (χ3n) is 13.6. The number of hydrogen-bond donors (Lipinski definition) is 0. The number of thiophene rings is 1. The highest BCUT2D eigenvalue weighted by molar-refractivity contribution is 7.19.